The quantitative estimate of drug-likeness (QED) is 0.620. The summed E-state index contributed by atoms with van der Waals surface area (Å²) in [5.41, 5.74) is 3.69. The third-order valence-electron chi connectivity index (χ3n) is 3.02. The summed E-state index contributed by atoms with van der Waals surface area (Å²) in [5.74, 6) is 0.551. The predicted octanol–water partition coefficient (Wildman–Crippen LogP) is 5.47. The van der Waals surface area contributed by atoms with Gasteiger partial charge in [-0.05, 0) is 42.3 Å². The summed E-state index contributed by atoms with van der Waals surface area (Å²) in [5, 5.41) is 0.630. The molecule has 0 unspecified atom stereocenters. The Labute approximate surface area is 124 Å². The first kappa shape index (κ1) is 12.7. The van der Waals surface area contributed by atoms with Crippen LogP contribution in [0.3, 0.4) is 0 Å². The Kier molecular flexibility index (Phi) is 3.33. The van der Waals surface area contributed by atoms with Crippen LogP contribution >= 0.6 is 27.5 Å². The largest absolute Gasteiger partial charge is 0.436 e. The molecular weight excluding hydrogens is 326 g/mol. The van der Waals surface area contributed by atoms with Gasteiger partial charge in [0.15, 0.2) is 5.58 Å². The normalized spacial score (nSPS) is 11.1. The van der Waals surface area contributed by atoms with Crippen LogP contribution in [-0.2, 0) is 6.42 Å². The molecule has 0 radical (unpaired) electrons. The van der Waals surface area contributed by atoms with Gasteiger partial charge in [0.1, 0.15) is 5.52 Å². The Morgan fingerprint density at radius 2 is 2.05 bits per heavy atom. The number of fused-ring (bicyclic) bond motifs is 1. The van der Waals surface area contributed by atoms with Crippen molar-refractivity contribution in [1.82, 2.24) is 4.98 Å². The van der Waals surface area contributed by atoms with E-state index in [-0.39, 0.29) is 0 Å². The van der Waals surface area contributed by atoms with Gasteiger partial charge in [0.25, 0.3) is 0 Å². The van der Waals surface area contributed by atoms with E-state index in [1.165, 1.54) is 5.56 Å². The fraction of sp³-hybridized carbons (Fsp3) is 0.133. The average molecular weight is 337 g/mol. The lowest BCUT2D eigenvalue weighted by molar-refractivity contribution is 0.620. The van der Waals surface area contributed by atoms with Crippen molar-refractivity contribution in [1.29, 1.82) is 0 Å². The number of halogens is 2. The second-order valence-electron chi connectivity index (χ2n) is 4.30. The third-order valence-corrected chi connectivity index (χ3v) is 3.84. The molecule has 0 amide bonds. The number of benzene rings is 2. The zero-order valence-corrected chi connectivity index (χ0v) is 12.6. The van der Waals surface area contributed by atoms with Gasteiger partial charge < -0.3 is 4.42 Å². The van der Waals surface area contributed by atoms with Gasteiger partial charge in [-0.1, -0.05) is 40.5 Å². The minimum absolute atomic E-state index is 0.551. The molecule has 0 atom stereocenters. The number of rotatable bonds is 2. The summed E-state index contributed by atoms with van der Waals surface area (Å²) >= 11 is 9.63. The number of hydrogen-bond donors (Lipinski definition) is 0. The van der Waals surface area contributed by atoms with E-state index in [0.29, 0.717) is 10.9 Å². The first-order chi connectivity index (χ1) is 9.17. The van der Waals surface area contributed by atoms with E-state index >= 15 is 0 Å². The summed E-state index contributed by atoms with van der Waals surface area (Å²) in [6.07, 6.45) is 0.982. The molecule has 3 rings (SSSR count). The fourth-order valence-electron chi connectivity index (χ4n) is 1.97. The third kappa shape index (κ3) is 2.40. The molecule has 0 N–H and O–H groups in total. The molecule has 3 aromatic rings. The second-order valence-corrected chi connectivity index (χ2v) is 5.62. The lowest BCUT2D eigenvalue weighted by atomic mass is 10.1. The lowest BCUT2D eigenvalue weighted by Gasteiger charge is -1.99. The average Bonchev–Trinajstić information content (AvgIpc) is 2.83. The van der Waals surface area contributed by atoms with Gasteiger partial charge in [-0.2, -0.15) is 0 Å². The van der Waals surface area contributed by atoms with Crippen molar-refractivity contribution in [2.24, 2.45) is 0 Å². The zero-order chi connectivity index (χ0) is 13.4. The van der Waals surface area contributed by atoms with E-state index in [0.717, 1.165) is 27.6 Å². The molecular formula is C15H11BrClNO. The number of aromatic nitrogens is 1. The Morgan fingerprint density at radius 3 is 2.84 bits per heavy atom. The zero-order valence-electron chi connectivity index (χ0n) is 10.3. The van der Waals surface area contributed by atoms with E-state index in [9.17, 15) is 0 Å². The molecule has 96 valence electrons. The predicted molar refractivity (Wildman–Crippen MR) is 81.5 cm³/mol. The van der Waals surface area contributed by atoms with Crippen LogP contribution in [0, 0.1) is 0 Å². The molecule has 19 heavy (non-hydrogen) atoms. The van der Waals surface area contributed by atoms with Crippen molar-refractivity contribution in [3.05, 3.63) is 51.5 Å². The van der Waals surface area contributed by atoms with Crippen LogP contribution in [0.15, 0.2) is 45.3 Å². The molecule has 0 aliphatic carbocycles. The van der Waals surface area contributed by atoms with Crippen LogP contribution in [0.2, 0.25) is 5.02 Å². The monoisotopic (exact) mass is 335 g/mol. The molecule has 0 fully saturated rings. The van der Waals surface area contributed by atoms with Crippen molar-refractivity contribution in [2.75, 3.05) is 0 Å². The molecule has 2 aromatic carbocycles. The maximum Gasteiger partial charge on any atom is 0.228 e. The first-order valence-electron chi connectivity index (χ1n) is 6.02. The van der Waals surface area contributed by atoms with Gasteiger partial charge in [0.2, 0.25) is 5.89 Å². The van der Waals surface area contributed by atoms with Crippen molar-refractivity contribution in [2.45, 2.75) is 13.3 Å². The van der Waals surface area contributed by atoms with Crippen LogP contribution in [0.5, 0.6) is 0 Å². The van der Waals surface area contributed by atoms with E-state index in [4.69, 9.17) is 16.0 Å². The molecule has 1 heterocycles. The molecule has 0 aliphatic rings. The first-order valence-corrected chi connectivity index (χ1v) is 7.19. The van der Waals surface area contributed by atoms with Crippen LogP contribution in [-0.4, -0.2) is 4.98 Å². The SMILES string of the molecule is CCc1ccc2oc(-c3cc(Br)ccc3Cl)nc2c1. The van der Waals surface area contributed by atoms with Crippen molar-refractivity contribution < 1.29 is 4.42 Å². The molecule has 0 saturated carbocycles. The van der Waals surface area contributed by atoms with E-state index < -0.39 is 0 Å². The highest BCUT2D eigenvalue weighted by Crippen LogP contribution is 2.32. The topological polar surface area (TPSA) is 26.0 Å². The lowest BCUT2D eigenvalue weighted by Crippen LogP contribution is -1.80. The molecule has 0 spiro atoms. The summed E-state index contributed by atoms with van der Waals surface area (Å²) < 4.78 is 6.72. The second kappa shape index (κ2) is 4.99. The summed E-state index contributed by atoms with van der Waals surface area (Å²) in [4.78, 5) is 4.52. The molecule has 0 bridgehead atoms. The van der Waals surface area contributed by atoms with Crippen LogP contribution in [0.1, 0.15) is 12.5 Å². The highest BCUT2D eigenvalue weighted by molar-refractivity contribution is 9.10. The van der Waals surface area contributed by atoms with Crippen LogP contribution in [0.4, 0.5) is 0 Å². The fourth-order valence-corrected chi connectivity index (χ4v) is 2.53. The number of aryl methyl sites for hydroxylation is 1. The standard InChI is InChI=1S/C15H11BrClNO/c1-2-9-3-6-14-13(7-9)18-15(19-14)11-8-10(16)4-5-12(11)17/h3-8H,2H2,1H3. The number of oxazole rings is 1. The van der Waals surface area contributed by atoms with Crippen LogP contribution < -0.4 is 0 Å². The Hall–Kier alpha value is -1.32. The Bertz CT molecular complexity index is 751. The summed E-state index contributed by atoms with van der Waals surface area (Å²) in [6, 6.07) is 11.7. The Morgan fingerprint density at radius 1 is 1.21 bits per heavy atom. The molecule has 1 aromatic heterocycles. The van der Waals surface area contributed by atoms with E-state index in [1.54, 1.807) is 0 Å². The summed E-state index contributed by atoms with van der Waals surface area (Å²) in [6.45, 7) is 2.12. The van der Waals surface area contributed by atoms with Gasteiger partial charge in [-0.25, -0.2) is 4.98 Å². The van der Waals surface area contributed by atoms with E-state index in [2.05, 4.69) is 33.9 Å². The molecule has 4 heteroatoms. The van der Waals surface area contributed by atoms with E-state index in [1.807, 2.05) is 30.3 Å². The number of hydrogen-bond acceptors (Lipinski definition) is 2. The minimum Gasteiger partial charge on any atom is -0.436 e. The summed E-state index contributed by atoms with van der Waals surface area (Å²) in [7, 11) is 0. The molecule has 0 aliphatic heterocycles. The maximum atomic E-state index is 6.20. The minimum atomic E-state index is 0.551. The highest BCUT2D eigenvalue weighted by atomic mass is 79.9. The van der Waals surface area contributed by atoms with Crippen molar-refractivity contribution in [3.63, 3.8) is 0 Å². The van der Waals surface area contributed by atoms with Crippen molar-refractivity contribution in [3.8, 4) is 11.5 Å². The maximum absolute atomic E-state index is 6.20. The van der Waals surface area contributed by atoms with Gasteiger partial charge >= 0.3 is 0 Å². The Balaban J connectivity index is 2.17. The smallest absolute Gasteiger partial charge is 0.228 e. The highest BCUT2D eigenvalue weighted by Gasteiger charge is 2.12. The van der Waals surface area contributed by atoms with Gasteiger partial charge in [0.05, 0.1) is 10.6 Å². The van der Waals surface area contributed by atoms with Crippen molar-refractivity contribution >= 4 is 38.6 Å². The number of nitrogens with zero attached hydrogens (tertiary/aromatic N) is 1. The van der Waals surface area contributed by atoms with Crippen LogP contribution in [0.25, 0.3) is 22.6 Å². The van der Waals surface area contributed by atoms with Gasteiger partial charge in [0, 0.05) is 4.47 Å². The van der Waals surface area contributed by atoms with Gasteiger partial charge in [-0.15, -0.1) is 0 Å². The molecule has 2 nitrogen and oxygen atoms in total. The van der Waals surface area contributed by atoms with Gasteiger partial charge in [-0.3, -0.25) is 0 Å². The molecule has 0 saturated heterocycles.